The van der Waals surface area contributed by atoms with E-state index in [1.165, 1.54) is 26.2 Å². The van der Waals surface area contributed by atoms with Gasteiger partial charge in [0.15, 0.2) is 0 Å². The largest absolute Gasteiger partial charge is 0.417 e. The van der Waals surface area contributed by atoms with Gasteiger partial charge >= 0.3 is 6.18 Å². The number of halogens is 4. The highest BCUT2D eigenvalue weighted by molar-refractivity contribution is 7.91. The van der Waals surface area contributed by atoms with Crippen LogP contribution in [0.4, 0.5) is 13.2 Å². The summed E-state index contributed by atoms with van der Waals surface area (Å²) in [5.74, 6) is 0. The van der Waals surface area contributed by atoms with E-state index in [1.54, 1.807) is 0 Å². The Bertz CT molecular complexity index is 1050. The lowest BCUT2D eigenvalue weighted by Crippen LogP contribution is -2.25. The molecule has 1 N–H and O–H groups in total. The molecule has 2 rings (SSSR count). The number of benzene rings is 1. The van der Waals surface area contributed by atoms with Crippen LogP contribution >= 0.6 is 22.9 Å². The van der Waals surface area contributed by atoms with Crippen LogP contribution < -0.4 is 4.72 Å². The standard InChI is InChI=1S/C14H14ClF3N2O4S3/c1-20(2)27(23,24)13-6-4-10(25-13)8-19-26(21,22)12-5-3-9(15)7-11(12)14(16,17)18/h3-7,19H,8H2,1-2H3. The van der Waals surface area contributed by atoms with Crippen LogP contribution in [0.25, 0.3) is 0 Å². The summed E-state index contributed by atoms with van der Waals surface area (Å²) in [7, 11) is -5.51. The average molecular weight is 463 g/mol. The second kappa shape index (κ2) is 7.68. The fourth-order valence-corrected chi connectivity index (χ4v) is 5.91. The lowest BCUT2D eigenvalue weighted by molar-refractivity contribution is -0.139. The third-order valence-corrected chi connectivity index (χ3v) is 8.41. The summed E-state index contributed by atoms with van der Waals surface area (Å²) in [6.07, 6.45) is -4.91. The van der Waals surface area contributed by atoms with Crippen molar-refractivity contribution in [2.75, 3.05) is 14.1 Å². The number of hydrogen-bond acceptors (Lipinski definition) is 5. The molecule has 0 saturated heterocycles. The Morgan fingerprint density at radius 3 is 2.30 bits per heavy atom. The molecule has 0 radical (unpaired) electrons. The maximum atomic E-state index is 13.1. The van der Waals surface area contributed by atoms with E-state index in [-0.39, 0.29) is 15.8 Å². The van der Waals surface area contributed by atoms with Crippen LogP contribution in [0.1, 0.15) is 10.4 Å². The van der Waals surface area contributed by atoms with Crippen molar-refractivity contribution in [2.45, 2.75) is 21.8 Å². The minimum atomic E-state index is -4.91. The van der Waals surface area contributed by atoms with E-state index in [4.69, 9.17) is 11.6 Å². The SMILES string of the molecule is CN(C)S(=O)(=O)c1ccc(CNS(=O)(=O)c2ccc(Cl)cc2C(F)(F)F)s1. The zero-order valence-corrected chi connectivity index (χ0v) is 17.1. The van der Waals surface area contributed by atoms with E-state index < -0.39 is 36.7 Å². The van der Waals surface area contributed by atoms with Gasteiger partial charge in [0.25, 0.3) is 10.0 Å². The third kappa shape index (κ3) is 5.00. The number of sulfonamides is 2. The summed E-state index contributed by atoms with van der Waals surface area (Å²) in [5, 5.41) is -0.252. The first-order valence-electron chi connectivity index (χ1n) is 7.13. The van der Waals surface area contributed by atoms with Crippen LogP contribution in [0.15, 0.2) is 39.4 Å². The molecule has 0 atom stereocenters. The summed E-state index contributed by atoms with van der Waals surface area (Å²) in [4.78, 5) is -0.640. The number of thiophene rings is 1. The highest BCUT2D eigenvalue weighted by atomic mass is 35.5. The van der Waals surface area contributed by atoms with Gasteiger partial charge in [-0.3, -0.25) is 0 Å². The van der Waals surface area contributed by atoms with Gasteiger partial charge in [0.1, 0.15) is 4.21 Å². The van der Waals surface area contributed by atoms with Crippen LogP contribution in [-0.2, 0) is 32.8 Å². The first kappa shape index (κ1) is 22.1. The number of rotatable bonds is 6. The topological polar surface area (TPSA) is 83.6 Å². The summed E-state index contributed by atoms with van der Waals surface area (Å²) in [6.45, 7) is -0.365. The van der Waals surface area contributed by atoms with Crippen LogP contribution in [0.2, 0.25) is 5.02 Å². The van der Waals surface area contributed by atoms with E-state index in [9.17, 15) is 30.0 Å². The van der Waals surface area contributed by atoms with Gasteiger partial charge in [-0.2, -0.15) is 13.2 Å². The van der Waals surface area contributed by atoms with Crippen molar-refractivity contribution in [1.29, 1.82) is 0 Å². The normalized spacial score (nSPS) is 13.3. The lowest BCUT2D eigenvalue weighted by atomic mass is 10.2. The fourth-order valence-electron chi connectivity index (χ4n) is 1.97. The fraction of sp³-hybridized carbons (Fsp3) is 0.286. The number of nitrogens with one attached hydrogen (secondary N) is 1. The van der Waals surface area contributed by atoms with Gasteiger partial charge in [-0.1, -0.05) is 11.6 Å². The molecular formula is C14H14ClF3N2O4S3. The summed E-state index contributed by atoms with van der Waals surface area (Å²) < 4.78 is 91.0. The molecule has 0 amide bonds. The molecule has 0 aliphatic rings. The van der Waals surface area contributed by atoms with Crippen LogP contribution in [0.3, 0.4) is 0 Å². The van der Waals surface area contributed by atoms with E-state index in [1.807, 2.05) is 4.72 Å². The molecule has 0 aliphatic carbocycles. The molecule has 0 unspecified atom stereocenters. The Morgan fingerprint density at radius 1 is 1.11 bits per heavy atom. The first-order valence-corrected chi connectivity index (χ1v) is 11.2. The Labute approximate surface area is 163 Å². The number of hydrogen-bond donors (Lipinski definition) is 1. The molecule has 1 heterocycles. The molecule has 0 aliphatic heterocycles. The highest BCUT2D eigenvalue weighted by Gasteiger charge is 2.37. The van der Waals surface area contributed by atoms with Gasteiger partial charge in [0, 0.05) is 30.5 Å². The summed E-state index contributed by atoms with van der Waals surface area (Å²) >= 11 is 6.36. The molecule has 1 aromatic heterocycles. The van der Waals surface area contributed by atoms with Crippen molar-refractivity contribution in [3.05, 3.63) is 45.8 Å². The molecule has 0 saturated carbocycles. The van der Waals surface area contributed by atoms with E-state index >= 15 is 0 Å². The number of alkyl halides is 3. The van der Waals surface area contributed by atoms with Crippen molar-refractivity contribution < 1.29 is 30.0 Å². The third-order valence-electron chi connectivity index (χ3n) is 3.34. The van der Waals surface area contributed by atoms with E-state index in [0.29, 0.717) is 10.9 Å². The van der Waals surface area contributed by atoms with Crippen LogP contribution in [0.5, 0.6) is 0 Å². The van der Waals surface area contributed by atoms with Crippen LogP contribution in [-0.4, -0.2) is 35.2 Å². The van der Waals surface area contributed by atoms with Crippen molar-refractivity contribution in [2.24, 2.45) is 0 Å². The quantitative estimate of drug-likeness (QED) is 0.714. The molecule has 6 nitrogen and oxygen atoms in total. The van der Waals surface area contributed by atoms with Gasteiger partial charge in [-0.25, -0.2) is 25.9 Å². The Morgan fingerprint density at radius 2 is 1.74 bits per heavy atom. The van der Waals surface area contributed by atoms with Crippen molar-refractivity contribution in [3.63, 3.8) is 0 Å². The Balaban J connectivity index is 2.28. The van der Waals surface area contributed by atoms with Gasteiger partial charge < -0.3 is 0 Å². The van der Waals surface area contributed by atoms with E-state index in [2.05, 4.69) is 0 Å². The Kier molecular flexibility index (Phi) is 6.29. The smallest absolute Gasteiger partial charge is 0.207 e. The molecule has 1 aromatic carbocycles. The monoisotopic (exact) mass is 462 g/mol. The molecular weight excluding hydrogens is 449 g/mol. The molecule has 0 bridgehead atoms. The molecule has 0 spiro atoms. The zero-order valence-electron chi connectivity index (χ0n) is 13.9. The minimum absolute atomic E-state index is 0.0100. The molecule has 2 aromatic rings. The summed E-state index contributed by atoms with van der Waals surface area (Å²) in [5.41, 5.74) is -1.38. The highest BCUT2D eigenvalue weighted by Crippen LogP contribution is 2.36. The molecule has 27 heavy (non-hydrogen) atoms. The molecule has 13 heteroatoms. The average Bonchev–Trinajstić information content (AvgIpc) is 3.01. The van der Waals surface area contributed by atoms with Gasteiger partial charge in [0.05, 0.1) is 10.5 Å². The van der Waals surface area contributed by atoms with E-state index in [0.717, 1.165) is 27.8 Å². The van der Waals surface area contributed by atoms with Crippen molar-refractivity contribution in [3.8, 4) is 0 Å². The van der Waals surface area contributed by atoms with Gasteiger partial charge in [-0.15, -0.1) is 11.3 Å². The maximum Gasteiger partial charge on any atom is 0.417 e. The molecule has 150 valence electrons. The predicted molar refractivity (Wildman–Crippen MR) is 95.7 cm³/mol. The Hall–Kier alpha value is -1.18. The molecule has 0 fully saturated rings. The number of nitrogens with zero attached hydrogens (tertiary/aromatic N) is 1. The maximum absolute atomic E-state index is 13.1. The second-order valence-electron chi connectivity index (χ2n) is 5.47. The van der Waals surface area contributed by atoms with Crippen molar-refractivity contribution >= 4 is 43.0 Å². The lowest BCUT2D eigenvalue weighted by Gasteiger charge is -2.14. The zero-order chi connectivity index (χ0) is 20.6. The first-order chi connectivity index (χ1) is 12.2. The van der Waals surface area contributed by atoms with Crippen molar-refractivity contribution in [1.82, 2.24) is 9.03 Å². The van der Waals surface area contributed by atoms with Gasteiger partial charge in [0.2, 0.25) is 10.0 Å². The predicted octanol–water partition coefficient (Wildman–Crippen LogP) is 3.15. The minimum Gasteiger partial charge on any atom is -0.207 e. The van der Waals surface area contributed by atoms with Crippen LogP contribution in [0, 0.1) is 0 Å². The summed E-state index contributed by atoms with van der Waals surface area (Å²) in [6, 6.07) is 5.02. The second-order valence-corrected chi connectivity index (χ2v) is 11.2. The van der Waals surface area contributed by atoms with Gasteiger partial charge in [-0.05, 0) is 30.3 Å².